The number of amides is 1. The van der Waals surface area contributed by atoms with Crippen LogP contribution in [0.1, 0.15) is 43.9 Å². The Morgan fingerprint density at radius 2 is 1.97 bits per heavy atom. The lowest BCUT2D eigenvalue weighted by molar-refractivity contribution is -0.173. The van der Waals surface area contributed by atoms with E-state index in [4.69, 9.17) is 9.84 Å². The number of aliphatic hydroxyl groups excluding tert-OH is 2. The number of carbonyl (C=O) groups excluding carboxylic acids is 1. The molecule has 0 bridgehead atoms. The molecule has 0 aromatic carbocycles. The number of unbranched alkanes of at least 4 members (excludes halogenated alkanes) is 3. The van der Waals surface area contributed by atoms with Gasteiger partial charge in [-0.1, -0.05) is 12.8 Å². The van der Waals surface area contributed by atoms with Gasteiger partial charge in [0.15, 0.2) is 0 Å². The largest absolute Gasteiger partial charge is 0.471 e. The molecule has 1 aliphatic heterocycles. The summed E-state index contributed by atoms with van der Waals surface area (Å²) in [4.78, 5) is 36.9. The smallest absolute Gasteiger partial charge is 0.394 e. The fourth-order valence-electron chi connectivity index (χ4n) is 3.07. The Bertz CT molecular complexity index is 807. The van der Waals surface area contributed by atoms with Gasteiger partial charge in [-0.2, -0.15) is 13.2 Å². The number of ether oxygens (including phenoxy) is 1. The number of hydrogen-bond donors (Lipinski definition) is 4. The summed E-state index contributed by atoms with van der Waals surface area (Å²) in [6.45, 7) is -0.483. The maximum absolute atomic E-state index is 12.0. The molecule has 1 aromatic heterocycles. The van der Waals surface area contributed by atoms with Crippen LogP contribution in [0.25, 0.3) is 0 Å². The number of rotatable bonds is 9. The van der Waals surface area contributed by atoms with Crippen molar-refractivity contribution in [2.75, 3.05) is 13.2 Å². The standard InChI is InChI=1S/C17H24F3N3O6/c18-17(19,20)15(27)21-6-4-2-1-3-5-10-8-23(16(28)22-14(10)26)13-7-11(25)12(9-24)29-13/h8,11-13,24-25H,1-7,9H2,(H,21,27)(H,22,26,28)/t11-,12+,13+/m0/s1. The third kappa shape index (κ3) is 6.41. The molecule has 1 fully saturated rings. The van der Waals surface area contributed by atoms with Crippen LogP contribution in [0.3, 0.4) is 0 Å². The number of aliphatic hydroxyl groups is 2. The van der Waals surface area contributed by atoms with Gasteiger partial charge in [-0.25, -0.2) is 4.79 Å². The van der Waals surface area contributed by atoms with Crippen LogP contribution in [0, 0.1) is 0 Å². The van der Waals surface area contributed by atoms with Crippen LogP contribution in [-0.2, 0) is 16.0 Å². The first-order valence-electron chi connectivity index (χ1n) is 9.27. The molecule has 0 unspecified atom stereocenters. The molecule has 12 heteroatoms. The summed E-state index contributed by atoms with van der Waals surface area (Å²) in [5, 5.41) is 20.7. The van der Waals surface area contributed by atoms with E-state index >= 15 is 0 Å². The molecule has 1 aliphatic rings. The zero-order valence-electron chi connectivity index (χ0n) is 15.6. The van der Waals surface area contributed by atoms with Crippen LogP contribution in [0.4, 0.5) is 13.2 Å². The van der Waals surface area contributed by atoms with Crippen molar-refractivity contribution >= 4 is 5.91 Å². The molecule has 2 rings (SSSR count). The number of carbonyl (C=O) groups is 1. The first kappa shape index (κ1) is 23.1. The quantitative estimate of drug-likeness (QED) is 0.412. The molecule has 0 radical (unpaired) electrons. The lowest BCUT2D eigenvalue weighted by Gasteiger charge is -2.15. The van der Waals surface area contributed by atoms with Crippen LogP contribution in [0.2, 0.25) is 0 Å². The molecular formula is C17H24F3N3O6. The van der Waals surface area contributed by atoms with Crippen LogP contribution >= 0.6 is 0 Å². The highest BCUT2D eigenvalue weighted by Crippen LogP contribution is 2.27. The Morgan fingerprint density at radius 3 is 2.59 bits per heavy atom. The lowest BCUT2D eigenvalue weighted by atomic mass is 10.1. The monoisotopic (exact) mass is 423 g/mol. The van der Waals surface area contributed by atoms with Gasteiger partial charge < -0.3 is 20.3 Å². The molecular weight excluding hydrogens is 399 g/mol. The zero-order chi connectivity index (χ0) is 21.6. The Morgan fingerprint density at radius 1 is 1.28 bits per heavy atom. The summed E-state index contributed by atoms with van der Waals surface area (Å²) in [5.74, 6) is -1.96. The molecule has 1 saturated heterocycles. The summed E-state index contributed by atoms with van der Waals surface area (Å²) in [5.41, 5.74) is -0.892. The number of halogens is 3. The number of alkyl halides is 3. The van der Waals surface area contributed by atoms with E-state index in [9.17, 15) is 32.7 Å². The van der Waals surface area contributed by atoms with Gasteiger partial charge >= 0.3 is 17.8 Å². The van der Waals surface area contributed by atoms with Crippen molar-refractivity contribution < 1.29 is 32.9 Å². The maximum atomic E-state index is 12.0. The van der Waals surface area contributed by atoms with Gasteiger partial charge in [0, 0.05) is 24.7 Å². The number of aromatic nitrogens is 2. The molecule has 3 atom stereocenters. The predicted octanol–water partition coefficient (Wildman–Crippen LogP) is -0.0413. The minimum Gasteiger partial charge on any atom is -0.394 e. The number of aryl methyl sites for hydroxylation is 1. The number of H-pyrrole nitrogens is 1. The SMILES string of the molecule is O=C(NCCCCCCc1cn([C@H]2C[C@H](O)[C@@H](CO)O2)c(=O)[nH]c1=O)C(F)(F)F. The number of hydrogen-bond acceptors (Lipinski definition) is 6. The van der Waals surface area contributed by atoms with E-state index in [0.717, 1.165) is 0 Å². The van der Waals surface area contributed by atoms with E-state index in [1.54, 1.807) is 5.32 Å². The molecule has 2 heterocycles. The number of aromatic amines is 1. The van der Waals surface area contributed by atoms with E-state index in [1.165, 1.54) is 10.8 Å². The Balaban J connectivity index is 1.82. The van der Waals surface area contributed by atoms with Gasteiger partial charge in [0.05, 0.1) is 12.7 Å². The van der Waals surface area contributed by atoms with Crippen molar-refractivity contribution in [1.82, 2.24) is 14.9 Å². The van der Waals surface area contributed by atoms with Gasteiger partial charge in [-0.05, 0) is 19.3 Å². The van der Waals surface area contributed by atoms with E-state index in [0.29, 0.717) is 37.7 Å². The van der Waals surface area contributed by atoms with Crippen molar-refractivity contribution in [2.24, 2.45) is 0 Å². The average Bonchev–Trinajstić information content (AvgIpc) is 3.01. The first-order chi connectivity index (χ1) is 13.6. The first-order valence-corrected chi connectivity index (χ1v) is 9.27. The maximum Gasteiger partial charge on any atom is 0.471 e. The van der Waals surface area contributed by atoms with Crippen molar-refractivity contribution in [3.05, 3.63) is 32.6 Å². The molecule has 1 amide bonds. The van der Waals surface area contributed by atoms with Crippen LogP contribution in [0.15, 0.2) is 15.8 Å². The summed E-state index contributed by atoms with van der Waals surface area (Å²) >= 11 is 0. The Hall–Kier alpha value is -2.18. The highest BCUT2D eigenvalue weighted by molar-refractivity contribution is 5.81. The Labute approximate surface area is 163 Å². The van der Waals surface area contributed by atoms with E-state index in [1.807, 2.05) is 0 Å². The molecule has 1 aromatic rings. The number of nitrogens with one attached hydrogen (secondary N) is 2. The van der Waals surface area contributed by atoms with E-state index in [-0.39, 0.29) is 13.0 Å². The zero-order valence-corrected chi connectivity index (χ0v) is 15.6. The summed E-state index contributed by atoms with van der Waals surface area (Å²) in [6, 6.07) is 0. The predicted molar refractivity (Wildman–Crippen MR) is 94.2 cm³/mol. The third-order valence-electron chi connectivity index (χ3n) is 4.65. The van der Waals surface area contributed by atoms with Gasteiger partial charge in [-0.15, -0.1) is 0 Å². The molecule has 4 N–H and O–H groups in total. The van der Waals surface area contributed by atoms with Crippen molar-refractivity contribution in [2.45, 2.75) is 63.1 Å². The fraction of sp³-hybridized carbons (Fsp3) is 0.706. The minimum atomic E-state index is -4.89. The molecule has 164 valence electrons. The van der Waals surface area contributed by atoms with Gasteiger partial charge in [0.25, 0.3) is 5.56 Å². The van der Waals surface area contributed by atoms with Crippen LogP contribution in [0.5, 0.6) is 0 Å². The lowest BCUT2D eigenvalue weighted by Crippen LogP contribution is -2.37. The third-order valence-corrected chi connectivity index (χ3v) is 4.65. The molecule has 29 heavy (non-hydrogen) atoms. The van der Waals surface area contributed by atoms with Crippen molar-refractivity contribution in [1.29, 1.82) is 0 Å². The topological polar surface area (TPSA) is 134 Å². The second-order valence-corrected chi connectivity index (χ2v) is 6.85. The molecule has 9 nitrogen and oxygen atoms in total. The second-order valence-electron chi connectivity index (χ2n) is 6.85. The van der Waals surface area contributed by atoms with Crippen LogP contribution < -0.4 is 16.6 Å². The average molecular weight is 423 g/mol. The second kappa shape index (κ2) is 10.0. The molecule has 0 aliphatic carbocycles. The molecule has 0 spiro atoms. The van der Waals surface area contributed by atoms with Gasteiger partial charge in [-0.3, -0.25) is 19.1 Å². The molecule has 0 saturated carbocycles. The minimum absolute atomic E-state index is 0.0861. The number of nitrogens with zero attached hydrogens (tertiary/aromatic N) is 1. The van der Waals surface area contributed by atoms with Crippen LogP contribution in [-0.4, -0.2) is 57.2 Å². The summed E-state index contributed by atoms with van der Waals surface area (Å²) in [7, 11) is 0. The van der Waals surface area contributed by atoms with Crippen molar-refractivity contribution in [3.8, 4) is 0 Å². The Kier molecular flexibility index (Phi) is 7.99. The summed E-state index contributed by atoms with van der Waals surface area (Å²) < 4.78 is 42.7. The van der Waals surface area contributed by atoms with E-state index < -0.39 is 48.4 Å². The van der Waals surface area contributed by atoms with E-state index in [2.05, 4.69) is 4.98 Å². The van der Waals surface area contributed by atoms with Crippen molar-refractivity contribution in [3.63, 3.8) is 0 Å². The highest BCUT2D eigenvalue weighted by atomic mass is 19.4. The fourth-order valence-corrected chi connectivity index (χ4v) is 3.07. The van der Waals surface area contributed by atoms with Gasteiger partial charge in [0.1, 0.15) is 12.3 Å². The summed E-state index contributed by atoms with van der Waals surface area (Å²) in [6.07, 6.45) is -3.52. The van der Waals surface area contributed by atoms with Gasteiger partial charge in [0.2, 0.25) is 0 Å². The highest BCUT2D eigenvalue weighted by Gasteiger charge is 2.38. The normalized spacial score (nSPS) is 22.0.